The first kappa shape index (κ1) is 20.7. The van der Waals surface area contributed by atoms with Crippen molar-refractivity contribution in [1.29, 1.82) is 0 Å². The molecule has 8 heteroatoms. The number of benzene rings is 2. The van der Waals surface area contributed by atoms with E-state index >= 15 is 0 Å². The number of carbonyl (C=O) groups excluding carboxylic acids is 1. The quantitative estimate of drug-likeness (QED) is 0.450. The number of hydrogen-bond donors (Lipinski definition) is 1. The van der Waals surface area contributed by atoms with E-state index in [4.69, 9.17) is 23.2 Å². The van der Waals surface area contributed by atoms with Crippen LogP contribution in [0.1, 0.15) is 20.3 Å². The van der Waals surface area contributed by atoms with E-state index in [1.54, 1.807) is 43.3 Å². The van der Waals surface area contributed by atoms with Crippen LogP contribution in [0.3, 0.4) is 0 Å². The summed E-state index contributed by atoms with van der Waals surface area (Å²) in [6.45, 7) is 4.38. The van der Waals surface area contributed by atoms with Crippen LogP contribution in [0, 0.1) is 0 Å². The highest BCUT2D eigenvalue weighted by Crippen LogP contribution is 2.28. The van der Waals surface area contributed by atoms with Crippen molar-refractivity contribution in [2.24, 2.45) is 0 Å². The standard InChI is InChI=1S/C20H19Cl2N3O2S/c1-3-10-23-18(26)12(2)28-20-24-17-7-5-4-6-14(17)19(27)25(20)13-8-9-15(21)16(22)11-13/h4-9,11-12H,3,10H2,1-2H3,(H,23,26). The lowest BCUT2D eigenvalue weighted by molar-refractivity contribution is -0.120. The molecule has 28 heavy (non-hydrogen) atoms. The van der Waals surface area contributed by atoms with Crippen LogP contribution in [-0.4, -0.2) is 27.3 Å². The lowest BCUT2D eigenvalue weighted by atomic mass is 10.2. The van der Waals surface area contributed by atoms with Crippen molar-refractivity contribution in [3.8, 4) is 5.69 Å². The first-order chi connectivity index (χ1) is 13.4. The average Bonchev–Trinajstić information content (AvgIpc) is 2.68. The largest absolute Gasteiger partial charge is 0.355 e. The molecule has 0 aliphatic heterocycles. The molecule has 1 aromatic heterocycles. The summed E-state index contributed by atoms with van der Waals surface area (Å²) in [7, 11) is 0. The van der Waals surface area contributed by atoms with Crippen LogP contribution in [0.25, 0.3) is 16.6 Å². The van der Waals surface area contributed by atoms with Crippen LogP contribution in [0.4, 0.5) is 0 Å². The Morgan fingerprint density at radius 3 is 2.68 bits per heavy atom. The first-order valence-electron chi connectivity index (χ1n) is 8.84. The Bertz CT molecular complexity index is 1080. The zero-order valence-corrected chi connectivity index (χ0v) is 17.7. The summed E-state index contributed by atoms with van der Waals surface area (Å²) in [5.41, 5.74) is 0.890. The molecule has 1 unspecified atom stereocenters. The van der Waals surface area contributed by atoms with Gasteiger partial charge >= 0.3 is 0 Å². The number of rotatable bonds is 6. The van der Waals surface area contributed by atoms with Gasteiger partial charge in [0.05, 0.1) is 31.9 Å². The number of thioether (sulfide) groups is 1. The highest BCUT2D eigenvalue weighted by Gasteiger charge is 2.20. The topological polar surface area (TPSA) is 64.0 Å². The minimum Gasteiger partial charge on any atom is -0.355 e. The number of nitrogens with zero attached hydrogens (tertiary/aromatic N) is 2. The lowest BCUT2D eigenvalue weighted by Crippen LogP contribution is -2.32. The Morgan fingerprint density at radius 1 is 1.21 bits per heavy atom. The van der Waals surface area contributed by atoms with Gasteiger partial charge in [0.2, 0.25) is 5.91 Å². The molecule has 0 spiro atoms. The number of halogens is 2. The number of para-hydroxylation sites is 1. The molecule has 0 fully saturated rings. The molecule has 2 aromatic carbocycles. The van der Waals surface area contributed by atoms with Gasteiger partial charge in [0, 0.05) is 6.54 Å². The van der Waals surface area contributed by atoms with Gasteiger partial charge in [-0.15, -0.1) is 0 Å². The van der Waals surface area contributed by atoms with E-state index in [2.05, 4.69) is 10.3 Å². The van der Waals surface area contributed by atoms with Crippen molar-refractivity contribution in [3.05, 3.63) is 62.9 Å². The number of amides is 1. The van der Waals surface area contributed by atoms with Crippen LogP contribution < -0.4 is 10.9 Å². The van der Waals surface area contributed by atoms with Gasteiger partial charge in [-0.3, -0.25) is 14.2 Å². The van der Waals surface area contributed by atoms with Gasteiger partial charge in [0.15, 0.2) is 5.16 Å². The van der Waals surface area contributed by atoms with Crippen molar-refractivity contribution in [1.82, 2.24) is 14.9 Å². The number of aromatic nitrogens is 2. The Morgan fingerprint density at radius 2 is 1.96 bits per heavy atom. The molecule has 0 aliphatic carbocycles. The molecular formula is C20H19Cl2N3O2S. The van der Waals surface area contributed by atoms with E-state index in [9.17, 15) is 9.59 Å². The van der Waals surface area contributed by atoms with Crippen LogP contribution in [0.5, 0.6) is 0 Å². The molecular weight excluding hydrogens is 417 g/mol. The second kappa shape index (κ2) is 8.99. The highest BCUT2D eigenvalue weighted by molar-refractivity contribution is 8.00. The maximum atomic E-state index is 13.2. The van der Waals surface area contributed by atoms with E-state index in [0.29, 0.717) is 38.3 Å². The molecule has 0 saturated carbocycles. The second-order valence-corrected chi connectivity index (χ2v) is 8.32. The van der Waals surface area contributed by atoms with Gasteiger partial charge in [0.25, 0.3) is 5.56 Å². The van der Waals surface area contributed by atoms with Gasteiger partial charge in [0.1, 0.15) is 0 Å². The summed E-state index contributed by atoms with van der Waals surface area (Å²) in [6.07, 6.45) is 0.853. The fraction of sp³-hybridized carbons (Fsp3) is 0.250. The van der Waals surface area contributed by atoms with Crippen LogP contribution in [0.15, 0.2) is 52.4 Å². The van der Waals surface area contributed by atoms with Gasteiger partial charge in [-0.2, -0.15) is 0 Å². The smallest absolute Gasteiger partial charge is 0.266 e. The highest BCUT2D eigenvalue weighted by atomic mass is 35.5. The third kappa shape index (κ3) is 4.35. The van der Waals surface area contributed by atoms with Crippen LogP contribution in [0.2, 0.25) is 10.0 Å². The van der Waals surface area contributed by atoms with Crippen LogP contribution in [-0.2, 0) is 4.79 Å². The van der Waals surface area contributed by atoms with Crippen molar-refractivity contribution in [2.75, 3.05) is 6.54 Å². The van der Waals surface area contributed by atoms with Gasteiger partial charge < -0.3 is 5.32 Å². The number of hydrogen-bond acceptors (Lipinski definition) is 4. The fourth-order valence-electron chi connectivity index (χ4n) is 2.65. The molecule has 146 valence electrons. The zero-order valence-electron chi connectivity index (χ0n) is 15.4. The Labute approximate surface area is 177 Å². The van der Waals surface area contributed by atoms with Crippen molar-refractivity contribution >= 4 is 51.8 Å². The van der Waals surface area contributed by atoms with E-state index < -0.39 is 5.25 Å². The Hall–Kier alpha value is -2.02. The maximum Gasteiger partial charge on any atom is 0.266 e. The molecule has 3 aromatic rings. The monoisotopic (exact) mass is 435 g/mol. The van der Waals surface area contributed by atoms with Crippen molar-refractivity contribution in [3.63, 3.8) is 0 Å². The van der Waals surface area contributed by atoms with E-state index in [0.717, 1.165) is 6.42 Å². The predicted octanol–water partition coefficient (Wildman–Crippen LogP) is 4.70. The molecule has 1 heterocycles. The average molecular weight is 436 g/mol. The lowest BCUT2D eigenvalue weighted by Gasteiger charge is -2.16. The van der Waals surface area contributed by atoms with Crippen LogP contribution >= 0.6 is 35.0 Å². The molecule has 3 rings (SSSR count). The first-order valence-corrected chi connectivity index (χ1v) is 10.5. The minimum absolute atomic E-state index is 0.102. The summed E-state index contributed by atoms with van der Waals surface area (Å²) in [5.74, 6) is -0.102. The third-order valence-corrected chi connectivity index (χ3v) is 5.90. The molecule has 0 saturated heterocycles. The summed E-state index contributed by atoms with van der Waals surface area (Å²) in [4.78, 5) is 30.2. The predicted molar refractivity (Wildman–Crippen MR) is 116 cm³/mol. The minimum atomic E-state index is -0.423. The van der Waals surface area contributed by atoms with E-state index in [1.807, 2.05) is 13.0 Å². The van der Waals surface area contributed by atoms with Gasteiger partial charge in [-0.05, 0) is 43.7 Å². The molecule has 0 radical (unpaired) electrons. The molecule has 1 N–H and O–H groups in total. The van der Waals surface area contributed by atoms with Crippen molar-refractivity contribution < 1.29 is 4.79 Å². The maximum absolute atomic E-state index is 13.2. The number of carbonyl (C=O) groups is 1. The summed E-state index contributed by atoms with van der Waals surface area (Å²) in [5, 5.41) is 4.08. The van der Waals surface area contributed by atoms with E-state index in [-0.39, 0.29) is 11.5 Å². The van der Waals surface area contributed by atoms with Gasteiger partial charge in [-0.25, -0.2) is 4.98 Å². The summed E-state index contributed by atoms with van der Waals surface area (Å²) in [6, 6.07) is 12.1. The van der Waals surface area contributed by atoms with Crippen molar-refractivity contribution in [2.45, 2.75) is 30.7 Å². The zero-order chi connectivity index (χ0) is 20.3. The third-order valence-electron chi connectivity index (χ3n) is 4.11. The Kier molecular flexibility index (Phi) is 6.65. The SMILES string of the molecule is CCCNC(=O)C(C)Sc1nc2ccccc2c(=O)n1-c1ccc(Cl)c(Cl)c1. The molecule has 0 aliphatic rings. The fourth-order valence-corrected chi connectivity index (χ4v) is 3.89. The molecule has 5 nitrogen and oxygen atoms in total. The normalized spacial score (nSPS) is 12.1. The second-order valence-electron chi connectivity index (χ2n) is 6.20. The number of fused-ring (bicyclic) bond motifs is 1. The molecule has 1 amide bonds. The van der Waals surface area contributed by atoms with Gasteiger partial charge in [-0.1, -0.05) is 54.0 Å². The molecule has 1 atom stereocenters. The summed E-state index contributed by atoms with van der Waals surface area (Å²) < 4.78 is 1.47. The number of nitrogens with one attached hydrogen (secondary N) is 1. The summed E-state index contributed by atoms with van der Waals surface area (Å²) >= 11 is 13.4. The Balaban J connectivity index is 2.13. The molecule has 0 bridgehead atoms. The van der Waals surface area contributed by atoms with E-state index in [1.165, 1.54) is 16.3 Å².